The van der Waals surface area contributed by atoms with Crippen LogP contribution in [-0.4, -0.2) is 37.4 Å². The van der Waals surface area contributed by atoms with Crippen molar-refractivity contribution < 1.29 is 9.90 Å². The SMILES string of the molecule is C/C(Nc1ccn([C@@H](C)CO)n1)=C1/C(=O)Nc2cnc(-c3cnccc3C)cc21. The molecule has 0 fully saturated rings. The van der Waals surface area contributed by atoms with Gasteiger partial charge in [0.25, 0.3) is 5.91 Å². The van der Waals surface area contributed by atoms with Crippen LogP contribution in [0.15, 0.2) is 48.7 Å². The molecule has 3 N–H and O–H groups in total. The zero-order valence-electron chi connectivity index (χ0n) is 16.5. The van der Waals surface area contributed by atoms with Gasteiger partial charge in [0.2, 0.25) is 0 Å². The molecule has 0 bridgehead atoms. The van der Waals surface area contributed by atoms with E-state index in [2.05, 4.69) is 25.7 Å². The number of pyridine rings is 2. The van der Waals surface area contributed by atoms with E-state index in [0.717, 1.165) is 22.4 Å². The molecule has 29 heavy (non-hydrogen) atoms. The van der Waals surface area contributed by atoms with Crippen LogP contribution in [0.1, 0.15) is 31.0 Å². The fraction of sp³-hybridized carbons (Fsp3) is 0.238. The predicted octanol–water partition coefficient (Wildman–Crippen LogP) is 3.00. The van der Waals surface area contributed by atoms with E-state index >= 15 is 0 Å². The predicted molar refractivity (Wildman–Crippen MR) is 111 cm³/mol. The highest BCUT2D eigenvalue weighted by atomic mass is 16.3. The van der Waals surface area contributed by atoms with E-state index in [9.17, 15) is 9.90 Å². The van der Waals surface area contributed by atoms with Gasteiger partial charge in [0.1, 0.15) is 0 Å². The van der Waals surface area contributed by atoms with Crippen LogP contribution in [-0.2, 0) is 4.79 Å². The van der Waals surface area contributed by atoms with Gasteiger partial charge < -0.3 is 15.7 Å². The van der Waals surface area contributed by atoms with Crippen LogP contribution in [0, 0.1) is 6.92 Å². The van der Waals surface area contributed by atoms with E-state index < -0.39 is 0 Å². The average Bonchev–Trinajstić information content (AvgIpc) is 3.30. The number of hydrogen-bond donors (Lipinski definition) is 3. The molecule has 1 amide bonds. The summed E-state index contributed by atoms with van der Waals surface area (Å²) in [5.74, 6) is 0.420. The summed E-state index contributed by atoms with van der Waals surface area (Å²) in [5, 5.41) is 19.8. The average molecular weight is 390 g/mol. The van der Waals surface area contributed by atoms with Crippen molar-refractivity contribution in [2.24, 2.45) is 0 Å². The number of amides is 1. The van der Waals surface area contributed by atoms with Crippen molar-refractivity contribution in [1.29, 1.82) is 0 Å². The van der Waals surface area contributed by atoms with E-state index in [1.165, 1.54) is 0 Å². The Labute approximate surface area is 168 Å². The van der Waals surface area contributed by atoms with Gasteiger partial charge in [0.15, 0.2) is 5.82 Å². The van der Waals surface area contributed by atoms with Crippen LogP contribution in [0.2, 0.25) is 0 Å². The van der Waals surface area contributed by atoms with Crippen LogP contribution in [0.4, 0.5) is 11.5 Å². The fourth-order valence-electron chi connectivity index (χ4n) is 3.31. The lowest BCUT2D eigenvalue weighted by atomic mass is 10.0. The Morgan fingerprint density at radius 3 is 2.90 bits per heavy atom. The van der Waals surface area contributed by atoms with Crippen molar-refractivity contribution in [3.05, 3.63) is 59.8 Å². The molecule has 0 saturated heterocycles. The van der Waals surface area contributed by atoms with Crippen molar-refractivity contribution in [3.63, 3.8) is 0 Å². The summed E-state index contributed by atoms with van der Waals surface area (Å²) in [5.41, 5.74) is 5.45. The van der Waals surface area contributed by atoms with Crippen LogP contribution in [0.3, 0.4) is 0 Å². The lowest BCUT2D eigenvalue weighted by molar-refractivity contribution is -0.110. The number of carbonyl (C=O) groups excluding carboxylic acids is 1. The number of nitrogens with zero attached hydrogens (tertiary/aromatic N) is 4. The molecule has 8 nitrogen and oxygen atoms in total. The van der Waals surface area contributed by atoms with Gasteiger partial charge in [-0.2, -0.15) is 5.10 Å². The van der Waals surface area contributed by atoms with Gasteiger partial charge in [-0.1, -0.05) is 0 Å². The third kappa shape index (κ3) is 3.50. The smallest absolute Gasteiger partial charge is 0.258 e. The summed E-state index contributed by atoms with van der Waals surface area (Å²) in [6.45, 7) is 5.72. The standard InChI is InChI=1S/C21H22N6O2/c1-12-4-6-22-9-16(12)17-8-15-18(10-23-17)25-21(29)20(15)14(3)24-19-5-7-27(26-19)13(2)11-28/h4-10,13,28H,11H2,1-3H3,(H,24,26)(H,25,29)/b20-14-/t13-/m0/s1. The maximum absolute atomic E-state index is 12.6. The van der Waals surface area contributed by atoms with Gasteiger partial charge in [-0.15, -0.1) is 0 Å². The first-order valence-corrected chi connectivity index (χ1v) is 9.34. The Hall–Kier alpha value is -3.52. The minimum atomic E-state index is -0.185. The largest absolute Gasteiger partial charge is 0.394 e. The van der Waals surface area contributed by atoms with Crippen molar-refractivity contribution >= 4 is 23.0 Å². The topological polar surface area (TPSA) is 105 Å². The van der Waals surface area contributed by atoms with Crippen molar-refractivity contribution in [3.8, 4) is 11.3 Å². The van der Waals surface area contributed by atoms with Gasteiger partial charge in [0, 0.05) is 41.5 Å². The molecule has 1 aliphatic heterocycles. The molecule has 0 spiro atoms. The second-order valence-corrected chi connectivity index (χ2v) is 7.10. The van der Waals surface area contributed by atoms with Crippen molar-refractivity contribution in [2.75, 3.05) is 17.2 Å². The zero-order valence-corrected chi connectivity index (χ0v) is 16.5. The number of carbonyl (C=O) groups is 1. The van der Waals surface area contributed by atoms with Crippen molar-refractivity contribution in [2.45, 2.75) is 26.8 Å². The second kappa shape index (κ2) is 7.48. The summed E-state index contributed by atoms with van der Waals surface area (Å²) in [7, 11) is 0. The third-order valence-electron chi connectivity index (χ3n) is 4.98. The molecule has 0 saturated carbocycles. The molecule has 1 aliphatic rings. The third-order valence-corrected chi connectivity index (χ3v) is 4.98. The number of allylic oxidation sites excluding steroid dienone is 1. The number of hydrogen-bond acceptors (Lipinski definition) is 6. The van der Waals surface area contributed by atoms with Crippen LogP contribution in [0.25, 0.3) is 16.8 Å². The summed E-state index contributed by atoms with van der Waals surface area (Å²) in [4.78, 5) is 21.3. The Balaban J connectivity index is 1.70. The molecular weight excluding hydrogens is 368 g/mol. The van der Waals surface area contributed by atoms with E-state index in [-0.39, 0.29) is 18.6 Å². The number of nitrogens with one attached hydrogen (secondary N) is 2. The van der Waals surface area contributed by atoms with E-state index in [4.69, 9.17) is 0 Å². The Kier molecular flexibility index (Phi) is 4.85. The molecule has 0 aliphatic carbocycles. The van der Waals surface area contributed by atoms with E-state index in [1.54, 1.807) is 35.5 Å². The highest BCUT2D eigenvalue weighted by Crippen LogP contribution is 2.36. The van der Waals surface area contributed by atoms with Gasteiger partial charge in [-0.05, 0) is 38.5 Å². The molecule has 4 heterocycles. The maximum atomic E-state index is 12.6. The molecule has 3 aromatic heterocycles. The molecule has 8 heteroatoms. The molecule has 0 aromatic carbocycles. The Morgan fingerprint density at radius 1 is 1.31 bits per heavy atom. The molecule has 0 unspecified atom stereocenters. The first-order chi connectivity index (χ1) is 14.0. The quantitative estimate of drug-likeness (QED) is 0.579. The lowest BCUT2D eigenvalue weighted by Gasteiger charge is -2.10. The van der Waals surface area contributed by atoms with Crippen LogP contribution < -0.4 is 10.6 Å². The number of anilines is 2. The number of aliphatic hydroxyl groups is 1. The molecule has 4 rings (SSSR count). The monoisotopic (exact) mass is 390 g/mol. The van der Waals surface area contributed by atoms with Crippen molar-refractivity contribution in [1.82, 2.24) is 19.7 Å². The first kappa shape index (κ1) is 18.8. The van der Waals surface area contributed by atoms with Gasteiger partial charge in [-0.25, -0.2) is 0 Å². The maximum Gasteiger partial charge on any atom is 0.258 e. The summed E-state index contributed by atoms with van der Waals surface area (Å²) < 4.78 is 1.68. The number of aryl methyl sites for hydroxylation is 1. The molecule has 1 atom stereocenters. The first-order valence-electron chi connectivity index (χ1n) is 9.34. The number of rotatable bonds is 5. The summed E-state index contributed by atoms with van der Waals surface area (Å²) in [6, 6.07) is 5.52. The number of aliphatic hydroxyl groups excluding tert-OH is 1. The molecular formula is C21H22N6O2. The second-order valence-electron chi connectivity index (χ2n) is 7.10. The highest BCUT2D eigenvalue weighted by Gasteiger charge is 2.27. The number of fused-ring (bicyclic) bond motifs is 1. The van der Waals surface area contributed by atoms with Gasteiger partial charge in [-0.3, -0.25) is 19.4 Å². The Bertz CT molecular complexity index is 1120. The van der Waals surface area contributed by atoms with Crippen LogP contribution >= 0.6 is 0 Å². The zero-order chi connectivity index (χ0) is 20.5. The van der Waals surface area contributed by atoms with E-state index in [1.807, 2.05) is 32.9 Å². The lowest BCUT2D eigenvalue weighted by Crippen LogP contribution is -2.11. The fourth-order valence-corrected chi connectivity index (χ4v) is 3.31. The van der Waals surface area contributed by atoms with Crippen LogP contribution in [0.5, 0.6) is 0 Å². The minimum absolute atomic E-state index is 0.000505. The molecule has 0 radical (unpaired) electrons. The van der Waals surface area contributed by atoms with Gasteiger partial charge >= 0.3 is 0 Å². The van der Waals surface area contributed by atoms with E-state index in [0.29, 0.717) is 22.8 Å². The van der Waals surface area contributed by atoms with Gasteiger partial charge in [0.05, 0.1) is 35.8 Å². The minimum Gasteiger partial charge on any atom is -0.394 e. The highest BCUT2D eigenvalue weighted by molar-refractivity contribution is 6.32. The summed E-state index contributed by atoms with van der Waals surface area (Å²) in [6.07, 6.45) is 6.98. The molecule has 3 aromatic rings. The summed E-state index contributed by atoms with van der Waals surface area (Å²) >= 11 is 0. The number of aromatic nitrogens is 4. The Morgan fingerprint density at radius 2 is 2.14 bits per heavy atom. The molecule has 148 valence electrons. The normalized spacial score (nSPS) is 15.7.